The van der Waals surface area contributed by atoms with Crippen LogP contribution in [-0.2, 0) is 38.9 Å². The van der Waals surface area contributed by atoms with Gasteiger partial charge in [-0.1, -0.05) is 80.1 Å². The van der Waals surface area contributed by atoms with E-state index in [9.17, 15) is 0 Å². The van der Waals surface area contributed by atoms with E-state index < -0.39 is 0 Å². The molecule has 0 fully saturated rings. The van der Waals surface area contributed by atoms with Crippen molar-refractivity contribution in [3.8, 4) is 50.6 Å². The fourth-order valence-electron chi connectivity index (χ4n) is 7.22. The Morgan fingerprint density at radius 3 is 0.796 bits per heavy atom. The molecule has 0 spiro atoms. The zero-order valence-corrected chi connectivity index (χ0v) is 34.4. The number of nitrogens with two attached hydrogens (primary N) is 3. The largest absolute Gasteiger partial charge is 0.493 e. The lowest BCUT2D eigenvalue weighted by molar-refractivity contribution is 0.303. The number of rotatable bonds is 24. The highest BCUT2D eigenvalue weighted by atomic mass is 16.5. The Morgan fingerprint density at radius 2 is 0.574 bits per heavy atom. The minimum atomic E-state index is 0.415. The molecule has 0 aromatic heterocycles. The summed E-state index contributed by atoms with van der Waals surface area (Å²) in [5.74, 6) is 2.87. The summed E-state index contributed by atoms with van der Waals surface area (Å²) in [6.45, 7) is 16.6. The van der Waals surface area contributed by atoms with Crippen molar-refractivity contribution in [2.75, 3.05) is 19.8 Å². The van der Waals surface area contributed by atoms with Crippen molar-refractivity contribution in [3.63, 3.8) is 0 Å². The first-order valence-electron chi connectivity index (χ1n) is 21.0. The Hall–Kier alpha value is -3.84. The molecule has 0 aliphatic heterocycles. The van der Waals surface area contributed by atoms with Crippen LogP contribution in [-0.4, -0.2) is 19.8 Å². The first-order valence-corrected chi connectivity index (χ1v) is 21.0. The lowest BCUT2D eigenvalue weighted by Crippen LogP contribution is -2.08. The maximum Gasteiger partial charge on any atom is 0.126 e. The van der Waals surface area contributed by atoms with Gasteiger partial charge in [-0.3, -0.25) is 0 Å². The molecule has 0 amide bonds. The summed E-state index contributed by atoms with van der Waals surface area (Å²) < 4.78 is 19.3. The van der Waals surface area contributed by atoms with Gasteiger partial charge in [-0.15, -0.1) is 0 Å². The zero-order valence-electron chi connectivity index (χ0n) is 34.4. The third-order valence-electron chi connectivity index (χ3n) is 10.1. The van der Waals surface area contributed by atoms with Gasteiger partial charge in [0.05, 0.1) is 19.8 Å². The Kier molecular flexibility index (Phi) is 17.9. The van der Waals surface area contributed by atoms with Gasteiger partial charge >= 0.3 is 0 Å². The number of hydrogen-bond acceptors (Lipinski definition) is 6. The first-order chi connectivity index (χ1) is 26.4. The molecule has 0 radical (unpaired) electrons. The number of aryl methyl sites for hydroxylation is 3. The first kappa shape index (κ1) is 42.9. The van der Waals surface area contributed by atoms with Crippen LogP contribution in [0.1, 0.15) is 133 Å². The SMILES string of the molecule is CCCCOc1c(CN)cc(-c2cc(-c3cc(CN)c(OCCCC)c(CCC)c3)cc(-c3cc(CN)c(OCCCC)c(CCC)c3)c2)cc1CCC. The molecule has 6 nitrogen and oxygen atoms in total. The Labute approximate surface area is 327 Å². The van der Waals surface area contributed by atoms with E-state index in [1.807, 2.05) is 0 Å². The third-order valence-corrected chi connectivity index (χ3v) is 10.1. The van der Waals surface area contributed by atoms with E-state index in [-0.39, 0.29) is 0 Å². The Bertz CT molecular complexity index is 1550. The summed E-state index contributed by atoms with van der Waals surface area (Å²) in [6, 6.07) is 20.7. The fourth-order valence-corrected chi connectivity index (χ4v) is 7.22. The van der Waals surface area contributed by atoms with Crippen molar-refractivity contribution < 1.29 is 14.2 Å². The molecule has 0 saturated heterocycles. The summed E-state index contributed by atoms with van der Waals surface area (Å²) in [5.41, 5.74) is 33.0. The van der Waals surface area contributed by atoms with Crippen LogP contribution in [0.25, 0.3) is 33.4 Å². The van der Waals surface area contributed by atoms with Gasteiger partial charge in [-0.2, -0.15) is 0 Å². The standard InChI is InChI=1S/C48H69N3O3/c1-7-13-19-52-46-34(16-10-4)22-37(28-43(46)31-49)40-25-41(38-23-35(17-11-5)47(44(29-38)32-50)53-20-14-8-2)27-42(26-40)39-24-36(18-12-6)48(45(30-39)33-51)54-21-15-9-3/h22-30H,7-21,31-33,49-51H2,1-6H3. The smallest absolute Gasteiger partial charge is 0.126 e. The average molecular weight is 736 g/mol. The van der Waals surface area contributed by atoms with E-state index in [1.54, 1.807) is 0 Å². The third kappa shape index (κ3) is 11.1. The van der Waals surface area contributed by atoms with Crippen molar-refractivity contribution in [2.45, 2.75) is 138 Å². The van der Waals surface area contributed by atoms with Crippen LogP contribution in [0.15, 0.2) is 54.6 Å². The summed E-state index contributed by atoms with van der Waals surface area (Å²) in [5, 5.41) is 0. The molecule has 0 heterocycles. The van der Waals surface area contributed by atoms with Gasteiger partial charge in [-0.25, -0.2) is 0 Å². The summed E-state index contributed by atoms with van der Waals surface area (Å²) in [6.07, 6.45) is 12.1. The molecule has 0 bridgehead atoms. The van der Waals surface area contributed by atoms with Crippen molar-refractivity contribution in [2.24, 2.45) is 17.2 Å². The van der Waals surface area contributed by atoms with Gasteiger partial charge in [-0.05, 0) is 143 Å². The minimum absolute atomic E-state index is 0.415. The van der Waals surface area contributed by atoms with Crippen LogP contribution in [0.4, 0.5) is 0 Å². The molecular weight excluding hydrogens is 667 g/mol. The quantitative estimate of drug-likeness (QED) is 0.0619. The van der Waals surface area contributed by atoms with Crippen LogP contribution < -0.4 is 31.4 Å². The second-order valence-electron chi connectivity index (χ2n) is 14.6. The monoisotopic (exact) mass is 736 g/mol. The van der Waals surface area contributed by atoms with E-state index in [4.69, 9.17) is 31.4 Å². The lowest BCUT2D eigenvalue weighted by Gasteiger charge is -2.21. The highest BCUT2D eigenvalue weighted by molar-refractivity contribution is 5.83. The molecule has 6 N–H and O–H groups in total. The van der Waals surface area contributed by atoms with Gasteiger partial charge in [0.15, 0.2) is 0 Å². The molecular formula is C48H69N3O3. The number of unbranched alkanes of at least 4 members (excludes halogenated alkanes) is 3. The van der Waals surface area contributed by atoms with E-state index in [2.05, 4.69) is 96.1 Å². The zero-order chi connectivity index (χ0) is 38.9. The van der Waals surface area contributed by atoms with E-state index in [0.29, 0.717) is 39.5 Å². The van der Waals surface area contributed by atoms with Gasteiger partial charge in [0, 0.05) is 36.3 Å². The topological polar surface area (TPSA) is 106 Å². The van der Waals surface area contributed by atoms with E-state index >= 15 is 0 Å². The molecule has 4 rings (SSSR count). The predicted octanol–water partition coefficient (Wildman–Crippen LogP) is 11.5. The normalized spacial score (nSPS) is 11.3. The second kappa shape index (κ2) is 22.5. The molecule has 6 heteroatoms. The molecule has 0 unspecified atom stereocenters. The average Bonchev–Trinajstić information content (AvgIpc) is 3.19. The molecule has 0 atom stereocenters. The van der Waals surface area contributed by atoms with Crippen LogP contribution in [0, 0.1) is 0 Å². The number of hydrogen-bond donors (Lipinski definition) is 3. The number of benzene rings is 4. The second-order valence-corrected chi connectivity index (χ2v) is 14.6. The summed E-state index contributed by atoms with van der Waals surface area (Å²) in [7, 11) is 0. The molecule has 0 aliphatic carbocycles. The van der Waals surface area contributed by atoms with Crippen molar-refractivity contribution in [1.29, 1.82) is 0 Å². The highest BCUT2D eigenvalue weighted by Crippen LogP contribution is 2.40. The molecule has 294 valence electrons. The van der Waals surface area contributed by atoms with Gasteiger partial charge in [0.25, 0.3) is 0 Å². The van der Waals surface area contributed by atoms with E-state index in [0.717, 1.165) is 144 Å². The van der Waals surface area contributed by atoms with Crippen molar-refractivity contribution >= 4 is 0 Å². The van der Waals surface area contributed by atoms with Gasteiger partial charge in [0.1, 0.15) is 17.2 Å². The maximum atomic E-state index is 6.45. The van der Waals surface area contributed by atoms with Gasteiger partial charge < -0.3 is 31.4 Å². The summed E-state index contributed by atoms with van der Waals surface area (Å²) in [4.78, 5) is 0. The van der Waals surface area contributed by atoms with Crippen LogP contribution in [0.5, 0.6) is 17.2 Å². The minimum Gasteiger partial charge on any atom is -0.493 e. The molecule has 0 aliphatic rings. The molecule has 54 heavy (non-hydrogen) atoms. The Balaban J connectivity index is 2.01. The molecule has 4 aromatic carbocycles. The Morgan fingerprint density at radius 1 is 0.333 bits per heavy atom. The molecule has 0 saturated carbocycles. The van der Waals surface area contributed by atoms with E-state index in [1.165, 1.54) is 16.7 Å². The highest BCUT2D eigenvalue weighted by Gasteiger charge is 2.19. The summed E-state index contributed by atoms with van der Waals surface area (Å²) >= 11 is 0. The lowest BCUT2D eigenvalue weighted by atomic mass is 9.88. The molecule has 4 aromatic rings. The fraction of sp³-hybridized carbons (Fsp3) is 0.500. The van der Waals surface area contributed by atoms with Crippen molar-refractivity contribution in [1.82, 2.24) is 0 Å². The van der Waals surface area contributed by atoms with Crippen molar-refractivity contribution in [3.05, 3.63) is 88.0 Å². The number of ether oxygens (including phenoxy) is 3. The van der Waals surface area contributed by atoms with Gasteiger partial charge in [0.2, 0.25) is 0 Å². The van der Waals surface area contributed by atoms with Crippen LogP contribution >= 0.6 is 0 Å². The maximum absolute atomic E-state index is 6.45. The van der Waals surface area contributed by atoms with Crippen LogP contribution in [0.2, 0.25) is 0 Å². The predicted molar refractivity (Wildman–Crippen MR) is 230 cm³/mol. The van der Waals surface area contributed by atoms with Crippen LogP contribution in [0.3, 0.4) is 0 Å².